The van der Waals surface area contributed by atoms with Crippen molar-refractivity contribution < 1.29 is 9.72 Å². The number of nitro groups is 1. The van der Waals surface area contributed by atoms with Crippen molar-refractivity contribution in [1.82, 2.24) is 0 Å². The molecule has 2 aromatic carbocycles. The van der Waals surface area contributed by atoms with Crippen LogP contribution < -0.4 is 5.32 Å². The highest BCUT2D eigenvalue weighted by Crippen LogP contribution is 2.27. The van der Waals surface area contributed by atoms with Crippen LogP contribution in [0.15, 0.2) is 42.5 Å². The molecule has 0 bridgehead atoms. The molecule has 0 saturated heterocycles. The number of alkyl halides is 1. The predicted molar refractivity (Wildman–Crippen MR) is 82.1 cm³/mol. The molecule has 7 heteroatoms. The highest BCUT2D eigenvalue weighted by Gasteiger charge is 2.23. The number of hydrogen-bond acceptors (Lipinski definition) is 3. The van der Waals surface area contributed by atoms with E-state index in [-0.39, 0.29) is 16.3 Å². The van der Waals surface area contributed by atoms with Crippen molar-refractivity contribution >= 4 is 40.5 Å². The first-order valence-corrected chi connectivity index (χ1v) is 6.83. The Morgan fingerprint density at radius 1 is 1.19 bits per heavy atom. The van der Waals surface area contributed by atoms with Gasteiger partial charge in [-0.05, 0) is 23.8 Å². The molecule has 1 amide bonds. The lowest BCUT2D eigenvalue weighted by Gasteiger charge is -2.07. The van der Waals surface area contributed by atoms with E-state index in [1.165, 1.54) is 18.2 Å². The Bertz CT molecular complexity index is 687. The van der Waals surface area contributed by atoms with Crippen LogP contribution in [0.3, 0.4) is 0 Å². The van der Waals surface area contributed by atoms with Crippen LogP contribution in [0.25, 0.3) is 0 Å². The number of anilines is 1. The number of nitrogens with one attached hydrogen (secondary N) is 1. The number of benzene rings is 2. The quantitative estimate of drug-likeness (QED) is 0.519. The third kappa shape index (κ3) is 3.51. The summed E-state index contributed by atoms with van der Waals surface area (Å²) in [6, 6.07) is 10.9. The maximum Gasteiger partial charge on any atom is 0.283 e. The van der Waals surface area contributed by atoms with Gasteiger partial charge in [0.2, 0.25) is 0 Å². The van der Waals surface area contributed by atoms with Crippen LogP contribution in [0, 0.1) is 10.1 Å². The standard InChI is InChI=1S/C14H10Cl2N2O3/c15-8-9-4-6-10(7-5-9)17-14(19)13-11(16)2-1-3-12(13)18(20)21/h1-7H,8H2,(H,17,19). The molecule has 21 heavy (non-hydrogen) atoms. The van der Waals surface area contributed by atoms with Crippen molar-refractivity contribution in [2.24, 2.45) is 0 Å². The number of halogens is 2. The summed E-state index contributed by atoms with van der Waals surface area (Å²) in [5, 5.41) is 13.6. The fraction of sp³-hybridized carbons (Fsp3) is 0.0714. The minimum Gasteiger partial charge on any atom is -0.322 e. The van der Waals surface area contributed by atoms with Crippen LogP contribution in [-0.4, -0.2) is 10.8 Å². The summed E-state index contributed by atoms with van der Waals surface area (Å²) in [5.41, 5.74) is 0.907. The Balaban J connectivity index is 2.29. The van der Waals surface area contributed by atoms with Crippen LogP contribution >= 0.6 is 23.2 Å². The van der Waals surface area contributed by atoms with Crippen LogP contribution in [0.1, 0.15) is 15.9 Å². The molecule has 0 saturated carbocycles. The number of carbonyl (C=O) groups excluding carboxylic acids is 1. The fourth-order valence-corrected chi connectivity index (χ4v) is 2.19. The molecule has 0 heterocycles. The second-order valence-corrected chi connectivity index (χ2v) is 4.85. The number of hydrogen-bond donors (Lipinski definition) is 1. The highest BCUT2D eigenvalue weighted by molar-refractivity contribution is 6.35. The Hall–Kier alpha value is -2.11. The maximum atomic E-state index is 12.2. The second-order valence-electron chi connectivity index (χ2n) is 4.18. The average Bonchev–Trinajstić information content (AvgIpc) is 2.47. The van der Waals surface area contributed by atoms with Gasteiger partial charge in [-0.3, -0.25) is 14.9 Å². The van der Waals surface area contributed by atoms with Gasteiger partial charge in [0.05, 0.1) is 9.95 Å². The molecule has 2 aromatic rings. The summed E-state index contributed by atoms with van der Waals surface area (Å²) in [4.78, 5) is 22.5. The molecule has 0 aliphatic rings. The predicted octanol–water partition coefficient (Wildman–Crippen LogP) is 4.24. The van der Waals surface area contributed by atoms with E-state index in [1.807, 2.05) is 0 Å². The van der Waals surface area contributed by atoms with E-state index in [0.29, 0.717) is 11.6 Å². The van der Waals surface area contributed by atoms with E-state index in [2.05, 4.69) is 5.32 Å². The Morgan fingerprint density at radius 3 is 2.43 bits per heavy atom. The molecule has 5 nitrogen and oxygen atoms in total. The molecule has 1 N–H and O–H groups in total. The minimum atomic E-state index is -0.641. The fourth-order valence-electron chi connectivity index (χ4n) is 1.76. The summed E-state index contributed by atoms with van der Waals surface area (Å²) in [6.07, 6.45) is 0. The van der Waals surface area contributed by atoms with Crippen LogP contribution in [0.4, 0.5) is 11.4 Å². The lowest BCUT2D eigenvalue weighted by molar-refractivity contribution is -0.385. The Morgan fingerprint density at radius 2 is 1.86 bits per heavy atom. The van der Waals surface area contributed by atoms with Crippen molar-refractivity contribution in [2.75, 3.05) is 5.32 Å². The second kappa shape index (κ2) is 6.56. The number of rotatable bonds is 4. The highest BCUT2D eigenvalue weighted by atomic mass is 35.5. The van der Waals surface area contributed by atoms with Crippen molar-refractivity contribution in [3.8, 4) is 0 Å². The molecule has 0 aromatic heterocycles. The smallest absolute Gasteiger partial charge is 0.283 e. The largest absolute Gasteiger partial charge is 0.322 e. The first kappa shape index (κ1) is 15.3. The van der Waals surface area contributed by atoms with Crippen molar-refractivity contribution in [1.29, 1.82) is 0 Å². The van der Waals surface area contributed by atoms with Crippen molar-refractivity contribution in [3.05, 3.63) is 68.7 Å². The monoisotopic (exact) mass is 324 g/mol. The van der Waals surface area contributed by atoms with Gasteiger partial charge in [0.15, 0.2) is 0 Å². The van der Waals surface area contributed by atoms with Crippen molar-refractivity contribution in [3.63, 3.8) is 0 Å². The first-order chi connectivity index (χ1) is 10.0. The van der Waals surface area contributed by atoms with Gasteiger partial charge in [0, 0.05) is 17.6 Å². The Labute approximate surface area is 130 Å². The number of amides is 1. The SMILES string of the molecule is O=C(Nc1ccc(CCl)cc1)c1c(Cl)cccc1[N+](=O)[O-]. The summed E-state index contributed by atoms with van der Waals surface area (Å²) in [6.45, 7) is 0. The van der Waals surface area contributed by atoms with Crippen LogP contribution in [-0.2, 0) is 5.88 Å². The van der Waals surface area contributed by atoms with Gasteiger partial charge in [-0.25, -0.2) is 0 Å². The van der Waals surface area contributed by atoms with E-state index in [1.54, 1.807) is 24.3 Å². The van der Waals surface area contributed by atoms with E-state index >= 15 is 0 Å². The van der Waals surface area contributed by atoms with E-state index in [9.17, 15) is 14.9 Å². The molecule has 0 radical (unpaired) electrons. The van der Waals surface area contributed by atoms with Gasteiger partial charge >= 0.3 is 0 Å². The molecule has 0 fully saturated rings. The molecule has 2 rings (SSSR count). The normalized spacial score (nSPS) is 10.2. The third-order valence-electron chi connectivity index (χ3n) is 2.78. The number of carbonyl (C=O) groups is 1. The van der Waals surface area contributed by atoms with E-state index in [4.69, 9.17) is 23.2 Å². The number of nitro benzene ring substituents is 1. The zero-order chi connectivity index (χ0) is 15.4. The van der Waals surface area contributed by atoms with Crippen molar-refractivity contribution in [2.45, 2.75) is 5.88 Å². The van der Waals surface area contributed by atoms with Gasteiger partial charge in [-0.15, -0.1) is 11.6 Å². The molecular formula is C14H10Cl2N2O3. The van der Waals surface area contributed by atoms with Gasteiger partial charge in [-0.1, -0.05) is 29.8 Å². The number of nitrogens with zero attached hydrogens (tertiary/aromatic N) is 1. The summed E-state index contributed by atoms with van der Waals surface area (Å²) in [5.74, 6) is -0.268. The van der Waals surface area contributed by atoms with Crippen LogP contribution in [0.2, 0.25) is 5.02 Å². The summed E-state index contributed by atoms with van der Waals surface area (Å²) in [7, 11) is 0. The zero-order valence-electron chi connectivity index (χ0n) is 10.7. The molecule has 0 unspecified atom stereocenters. The van der Waals surface area contributed by atoms with Gasteiger partial charge < -0.3 is 5.32 Å². The third-order valence-corrected chi connectivity index (χ3v) is 3.41. The summed E-state index contributed by atoms with van der Waals surface area (Å²) < 4.78 is 0. The molecule has 0 atom stereocenters. The summed E-state index contributed by atoms with van der Waals surface area (Å²) >= 11 is 11.6. The molecular weight excluding hydrogens is 315 g/mol. The Kier molecular flexibility index (Phi) is 4.77. The maximum absolute atomic E-state index is 12.2. The first-order valence-electron chi connectivity index (χ1n) is 5.92. The molecule has 0 aliphatic heterocycles. The molecule has 108 valence electrons. The van der Waals surface area contributed by atoms with E-state index < -0.39 is 10.8 Å². The van der Waals surface area contributed by atoms with E-state index in [0.717, 1.165) is 5.56 Å². The average molecular weight is 325 g/mol. The minimum absolute atomic E-state index is 0.0269. The zero-order valence-corrected chi connectivity index (χ0v) is 12.2. The lowest BCUT2D eigenvalue weighted by Crippen LogP contribution is -2.14. The van der Waals surface area contributed by atoms with Gasteiger partial charge in [-0.2, -0.15) is 0 Å². The molecule has 0 spiro atoms. The topological polar surface area (TPSA) is 72.2 Å². The van der Waals surface area contributed by atoms with Gasteiger partial charge in [0.25, 0.3) is 11.6 Å². The van der Waals surface area contributed by atoms with Crippen LogP contribution in [0.5, 0.6) is 0 Å². The lowest BCUT2D eigenvalue weighted by atomic mass is 10.1. The van der Waals surface area contributed by atoms with Gasteiger partial charge in [0.1, 0.15) is 5.56 Å². The molecule has 0 aliphatic carbocycles.